The number of alkyl halides is 3. The van der Waals surface area contributed by atoms with Crippen LogP contribution in [-0.4, -0.2) is 27.5 Å². The van der Waals surface area contributed by atoms with Crippen LogP contribution in [0.15, 0.2) is 12.4 Å². The molecular formula is C12H16F3N3O2. The van der Waals surface area contributed by atoms with Crippen molar-refractivity contribution >= 4 is 11.7 Å². The molecule has 112 valence electrons. The Bertz CT molecular complexity index is 494. The minimum absolute atomic E-state index is 0.0974. The van der Waals surface area contributed by atoms with E-state index in [2.05, 4.69) is 10.4 Å². The van der Waals surface area contributed by atoms with Crippen LogP contribution < -0.4 is 5.32 Å². The highest BCUT2D eigenvalue weighted by Crippen LogP contribution is 2.28. The first-order valence-electron chi connectivity index (χ1n) is 6.00. The van der Waals surface area contributed by atoms with E-state index in [4.69, 9.17) is 0 Å². The van der Waals surface area contributed by atoms with Gasteiger partial charge in [0.05, 0.1) is 17.8 Å². The minimum Gasteiger partial charge on any atom is -0.344 e. The zero-order chi connectivity index (χ0) is 15.5. The summed E-state index contributed by atoms with van der Waals surface area (Å²) in [5, 5.41) is 5.95. The number of nitrogens with one attached hydrogen (secondary N) is 1. The van der Waals surface area contributed by atoms with Gasteiger partial charge in [-0.25, -0.2) is 0 Å². The number of hydrogen-bond acceptors (Lipinski definition) is 3. The number of ketones is 1. The van der Waals surface area contributed by atoms with Crippen molar-refractivity contribution < 1.29 is 22.8 Å². The Labute approximate surface area is 114 Å². The number of nitrogens with zero attached hydrogens (tertiary/aromatic N) is 2. The summed E-state index contributed by atoms with van der Waals surface area (Å²) < 4.78 is 38.0. The molecule has 0 bridgehead atoms. The van der Waals surface area contributed by atoms with E-state index in [1.54, 1.807) is 13.8 Å². The predicted molar refractivity (Wildman–Crippen MR) is 64.7 cm³/mol. The van der Waals surface area contributed by atoms with Crippen molar-refractivity contribution in [1.29, 1.82) is 0 Å². The highest BCUT2D eigenvalue weighted by molar-refractivity contribution is 5.87. The first-order valence-corrected chi connectivity index (χ1v) is 6.00. The smallest absolute Gasteiger partial charge is 0.344 e. The SMILES string of the molecule is CC(=O)C(NC(=O)Cn1cc(C(F)(F)F)cn1)C(C)C. The average Bonchev–Trinajstić information content (AvgIpc) is 2.73. The largest absolute Gasteiger partial charge is 0.419 e. The molecule has 1 aromatic heterocycles. The molecule has 1 amide bonds. The Balaban J connectivity index is 2.67. The van der Waals surface area contributed by atoms with Gasteiger partial charge in [-0.2, -0.15) is 18.3 Å². The van der Waals surface area contributed by atoms with Crippen LogP contribution in [0.25, 0.3) is 0 Å². The van der Waals surface area contributed by atoms with Gasteiger partial charge in [0.25, 0.3) is 0 Å². The number of halogens is 3. The minimum atomic E-state index is -4.49. The van der Waals surface area contributed by atoms with Crippen molar-refractivity contribution in [2.24, 2.45) is 5.92 Å². The summed E-state index contributed by atoms with van der Waals surface area (Å²) in [5.41, 5.74) is -0.919. The molecule has 0 fully saturated rings. The summed E-state index contributed by atoms with van der Waals surface area (Å²) in [5.74, 6) is -0.861. The number of carbonyl (C=O) groups excluding carboxylic acids is 2. The van der Waals surface area contributed by atoms with Crippen LogP contribution in [-0.2, 0) is 22.3 Å². The molecule has 8 heteroatoms. The van der Waals surface area contributed by atoms with Crippen LogP contribution in [0.2, 0.25) is 0 Å². The number of hydrogen-bond donors (Lipinski definition) is 1. The Morgan fingerprint density at radius 3 is 2.40 bits per heavy atom. The molecule has 1 rings (SSSR count). The Morgan fingerprint density at radius 2 is 2.00 bits per heavy atom. The zero-order valence-corrected chi connectivity index (χ0v) is 11.4. The molecule has 20 heavy (non-hydrogen) atoms. The van der Waals surface area contributed by atoms with Crippen molar-refractivity contribution in [3.8, 4) is 0 Å². The highest BCUT2D eigenvalue weighted by Gasteiger charge is 2.32. The van der Waals surface area contributed by atoms with E-state index in [1.807, 2.05) is 0 Å². The monoisotopic (exact) mass is 291 g/mol. The first-order chi connectivity index (χ1) is 9.11. The van der Waals surface area contributed by atoms with E-state index in [0.29, 0.717) is 6.20 Å². The molecule has 0 saturated carbocycles. The second kappa shape index (κ2) is 6.06. The van der Waals surface area contributed by atoms with Crippen molar-refractivity contribution in [2.45, 2.75) is 39.5 Å². The maximum atomic E-state index is 12.4. The molecule has 0 radical (unpaired) electrons. The summed E-state index contributed by atoms with van der Waals surface area (Å²) in [6, 6.07) is -0.653. The molecule has 0 aromatic carbocycles. The standard InChI is InChI=1S/C12H16F3N3O2/c1-7(2)11(8(3)19)17-10(20)6-18-5-9(4-16-18)12(13,14)15/h4-5,7,11H,6H2,1-3H3,(H,17,20). The van der Waals surface area contributed by atoms with E-state index in [0.717, 1.165) is 10.9 Å². The van der Waals surface area contributed by atoms with E-state index >= 15 is 0 Å². The second-order valence-electron chi connectivity index (χ2n) is 4.82. The van der Waals surface area contributed by atoms with Crippen LogP contribution in [0.3, 0.4) is 0 Å². The van der Waals surface area contributed by atoms with Crippen LogP contribution in [0.4, 0.5) is 13.2 Å². The van der Waals surface area contributed by atoms with E-state index < -0.39 is 23.7 Å². The number of Topliss-reactive ketones (excluding diaryl/α,β-unsaturated/α-hetero) is 1. The van der Waals surface area contributed by atoms with Crippen molar-refractivity contribution in [2.75, 3.05) is 0 Å². The maximum Gasteiger partial charge on any atom is 0.419 e. The molecule has 0 aliphatic heterocycles. The number of aromatic nitrogens is 2. The van der Waals surface area contributed by atoms with Gasteiger partial charge in [0.2, 0.25) is 5.91 Å². The van der Waals surface area contributed by atoms with Gasteiger partial charge in [-0.3, -0.25) is 14.3 Å². The topological polar surface area (TPSA) is 64.0 Å². The number of carbonyl (C=O) groups is 2. The second-order valence-corrected chi connectivity index (χ2v) is 4.82. The lowest BCUT2D eigenvalue weighted by Gasteiger charge is -2.19. The van der Waals surface area contributed by atoms with E-state index in [9.17, 15) is 22.8 Å². The third-order valence-electron chi connectivity index (χ3n) is 2.69. The Hall–Kier alpha value is -1.86. The van der Waals surface area contributed by atoms with Crippen LogP contribution >= 0.6 is 0 Å². The Kier molecular flexibility index (Phi) is 4.91. The average molecular weight is 291 g/mol. The fourth-order valence-corrected chi connectivity index (χ4v) is 1.70. The van der Waals surface area contributed by atoms with Gasteiger partial charge < -0.3 is 5.32 Å². The van der Waals surface area contributed by atoms with Crippen LogP contribution in [0.1, 0.15) is 26.3 Å². The van der Waals surface area contributed by atoms with Crippen LogP contribution in [0, 0.1) is 5.92 Å². The van der Waals surface area contributed by atoms with Crippen molar-refractivity contribution in [1.82, 2.24) is 15.1 Å². The quantitative estimate of drug-likeness (QED) is 0.897. The molecule has 1 aromatic rings. The molecule has 0 aliphatic rings. The molecule has 1 heterocycles. The molecule has 1 atom stereocenters. The summed E-state index contributed by atoms with van der Waals surface area (Å²) in [4.78, 5) is 23.0. The lowest BCUT2D eigenvalue weighted by atomic mass is 10.0. The van der Waals surface area contributed by atoms with Crippen LogP contribution in [0.5, 0.6) is 0 Å². The van der Waals surface area contributed by atoms with Gasteiger partial charge in [0.15, 0.2) is 5.78 Å². The molecular weight excluding hydrogens is 275 g/mol. The van der Waals surface area contributed by atoms with Gasteiger partial charge in [-0.1, -0.05) is 13.8 Å². The van der Waals surface area contributed by atoms with Gasteiger partial charge in [-0.15, -0.1) is 0 Å². The molecule has 0 saturated heterocycles. The highest BCUT2D eigenvalue weighted by atomic mass is 19.4. The third-order valence-corrected chi connectivity index (χ3v) is 2.69. The molecule has 5 nitrogen and oxygen atoms in total. The third kappa shape index (κ3) is 4.36. The van der Waals surface area contributed by atoms with Gasteiger partial charge >= 0.3 is 6.18 Å². The summed E-state index contributed by atoms with van der Waals surface area (Å²) in [7, 11) is 0. The van der Waals surface area contributed by atoms with E-state index in [-0.39, 0.29) is 18.2 Å². The predicted octanol–water partition coefficient (Wildman–Crippen LogP) is 1.63. The summed E-state index contributed by atoms with van der Waals surface area (Å²) in [6.07, 6.45) is -3.09. The fraction of sp³-hybridized carbons (Fsp3) is 0.583. The zero-order valence-electron chi connectivity index (χ0n) is 11.4. The van der Waals surface area contributed by atoms with Gasteiger partial charge in [0.1, 0.15) is 6.54 Å². The lowest BCUT2D eigenvalue weighted by molar-refractivity contribution is -0.137. The summed E-state index contributed by atoms with van der Waals surface area (Å²) >= 11 is 0. The van der Waals surface area contributed by atoms with Gasteiger partial charge in [-0.05, 0) is 12.8 Å². The number of amides is 1. The van der Waals surface area contributed by atoms with Crippen molar-refractivity contribution in [3.63, 3.8) is 0 Å². The Morgan fingerprint density at radius 1 is 1.40 bits per heavy atom. The van der Waals surface area contributed by atoms with Gasteiger partial charge in [0, 0.05) is 6.20 Å². The first kappa shape index (κ1) is 16.2. The molecule has 1 N–H and O–H groups in total. The summed E-state index contributed by atoms with van der Waals surface area (Å²) in [6.45, 7) is 4.51. The fourth-order valence-electron chi connectivity index (χ4n) is 1.70. The normalized spacial score (nSPS) is 13.3. The molecule has 1 unspecified atom stereocenters. The molecule has 0 aliphatic carbocycles. The maximum absolute atomic E-state index is 12.4. The van der Waals surface area contributed by atoms with Crippen molar-refractivity contribution in [3.05, 3.63) is 18.0 Å². The molecule has 0 spiro atoms. The number of rotatable bonds is 5. The lowest BCUT2D eigenvalue weighted by Crippen LogP contribution is -2.44. The van der Waals surface area contributed by atoms with E-state index in [1.165, 1.54) is 6.92 Å².